The number of hydrogen-bond donors (Lipinski definition) is 0. The first-order chi connectivity index (χ1) is 18.3. The summed E-state index contributed by atoms with van der Waals surface area (Å²) in [5, 5.41) is 6.62. The molecule has 0 aromatic heterocycles. The molecule has 0 aliphatic heterocycles. The Bertz CT molecular complexity index is 1550. The van der Waals surface area contributed by atoms with Crippen LogP contribution in [-0.4, -0.2) is 0 Å². The van der Waals surface area contributed by atoms with Gasteiger partial charge < -0.3 is 0 Å². The summed E-state index contributed by atoms with van der Waals surface area (Å²) in [6, 6.07) is 17.1. The third-order valence-corrected chi connectivity index (χ3v) is 5.68. The van der Waals surface area contributed by atoms with E-state index in [9.17, 15) is 0 Å². The second-order valence-corrected chi connectivity index (χ2v) is 14.6. The van der Waals surface area contributed by atoms with Gasteiger partial charge in [0, 0.05) is 32.1 Å². The predicted octanol–water partition coefficient (Wildman–Crippen LogP) is 8.49. The first-order valence-corrected chi connectivity index (χ1v) is 14.2. The summed E-state index contributed by atoms with van der Waals surface area (Å²) in [7, 11) is 0. The molecule has 204 valence electrons. The van der Waals surface area contributed by atoms with E-state index in [4.69, 9.17) is 0 Å². The third-order valence-electron chi connectivity index (χ3n) is 5.68. The van der Waals surface area contributed by atoms with Crippen molar-refractivity contribution in [3.8, 4) is 47.4 Å². The summed E-state index contributed by atoms with van der Waals surface area (Å²) < 4.78 is 0. The average Bonchev–Trinajstić information content (AvgIpc) is 2.81. The van der Waals surface area contributed by atoms with Crippen molar-refractivity contribution >= 4 is 32.7 Å². The molecule has 3 aromatic rings. The molecular formula is C40H44. The fraction of sp³-hybridized carbons (Fsp3) is 0.400. The maximum atomic E-state index is 3.50. The van der Waals surface area contributed by atoms with Crippen LogP contribution in [0.2, 0.25) is 0 Å². The molecule has 0 heterocycles. The van der Waals surface area contributed by atoms with E-state index in [1.165, 1.54) is 0 Å². The Labute approximate surface area is 243 Å². The number of fused-ring (bicyclic) bond motifs is 2. The fourth-order valence-corrected chi connectivity index (χ4v) is 3.98. The van der Waals surface area contributed by atoms with E-state index in [1.54, 1.807) is 0 Å². The maximum Gasteiger partial charge on any atom is 0.0829 e. The molecule has 3 rings (SSSR count). The molecule has 0 radical (unpaired) electrons. The predicted molar refractivity (Wildman–Crippen MR) is 176 cm³/mol. The molecule has 0 saturated heterocycles. The highest BCUT2D eigenvalue weighted by Gasteiger charge is 2.13. The van der Waals surface area contributed by atoms with Crippen molar-refractivity contribution in [2.75, 3.05) is 0 Å². The van der Waals surface area contributed by atoms with Crippen LogP contribution in [-0.2, 0) is 0 Å². The lowest BCUT2D eigenvalue weighted by molar-refractivity contribution is 0.570. The zero-order chi connectivity index (χ0) is 29.9. The lowest BCUT2D eigenvalue weighted by Crippen LogP contribution is -2.19. The van der Waals surface area contributed by atoms with Crippen LogP contribution < -0.4 is 10.4 Å². The minimum atomic E-state index is -0.147. The van der Waals surface area contributed by atoms with Crippen molar-refractivity contribution < 1.29 is 0 Å². The number of rotatable bonds is 0. The molecule has 0 N–H and O–H groups in total. The van der Waals surface area contributed by atoms with Crippen LogP contribution in [0.3, 0.4) is 0 Å². The summed E-state index contributed by atoms with van der Waals surface area (Å²) in [6.07, 6.45) is 0. The Morgan fingerprint density at radius 3 is 0.750 bits per heavy atom. The van der Waals surface area contributed by atoms with E-state index in [-0.39, 0.29) is 21.7 Å². The van der Waals surface area contributed by atoms with Crippen LogP contribution in [0.5, 0.6) is 0 Å². The van der Waals surface area contributed by atoms with E-state index < -0.39 is 0 Å². The van der Waals surface area contributed by atoms with Crippen LogP contribution in [0.25, 0.3) is 32.7 Å². The molecule has 0 bridgehead atoms. The van der Waals surface area contributed by atoms with Gasteiger partial charge in [-0.2, -0.15) is 0 Å². The maximum absolute atomic E-state index is 3.50. The van der Waals surface area contributed by atoms with Gasteiger partial charge in [0.15, 0.2) is 0 Å². The lowest BCUT2D eigenvalue weighted by atomic mass is 9.90. The molecule has 0 fully saturated rings. The molecule has 0 amide bonds. The van der Waals surface area contributed by atoms with Gasteiger partial charge in [-0.3, -0.25) is 0 Å². The van der Waals surface area contributed by atoms with Crippen molar-refractivity contribution in [2.24, 2.45) is 21.7 Å². The third kappa shape index (κ3) is 8.58. The summed E-state index contributed by atoms with van der Waals surface area (Å²) in [4.78, 5) is 0. The molecule has 0 aliphatic rings. The first kappa shape index (κ1) is 30.7. The molecule has 0 spiro atoms. The van der Waals surface area contributed by atoms with Crippen molar-refractivity contribution in [1.29, 1.82) is 0 Å². The monoisotopic (exact) mass is 524 g/mol. The Hall–Kier alpha value is -3.84. The minimum Gasteiger partial charge on any atom is -0.0913 e. The van der Waals surface area contributed by atoms with Crippen LogP contribution in [0.4, 0.5) is 0 Å². The Balaban J connectivity index is 2.80. The summed E-state index contributed by atoms with van der Waals surface area (Å²) in [6.45, 7) is 25.6. The van der Waals surface area contributed by atoms with Crippen LogP contribution in [0.15, 0.2) is 48.5 Å². The largest absolute Gasteiger partial charge is 0.0913 e. The summed E-state index contributed by atoms with van der Waals surface area (Å²) >= 11 is 0. The van der Waals surface area contributed by atoms with Gasteiger partial charge in [0.1, 0.15) is 0 Å². The second kappa shape index (κ2) is 11.3. The summed E-state index contributed by atoms with van der Waals surface area (Å²) in [5.41, 5.74) is 1.12. The van der Waals surface area contributed by atoms with Gasteiger partial charge in [-0.15, -0.1) is 0 Å². The zero-order valence-corrected chi connectivity index (χ0v) is 26.6. The van der Waals surface area contributed by atoms with Crippen LogP contribution in [0.1, 0.15) is 83.1 Å². The fourth-order valence-electron chi connectivity index (χ4n) is 3.98. The van der Waals surface area contributed by atoms with Crippen molar-refractivity contribution in [3.63, 3.8) is 0 Å². The second-order valence-electron chi connectivity index (χ2n) is 14.6. The Kier molecular flexibility index (Phi) is 8.70. The molecule has 0 heteroatoms. The summed E-state index contributed by atoms with van der Waals surface area (Å²) in [5.74, 6) is 27.8. The highest BCUT2D eigenvalue weighted by atomic mass is 14.2. The molecule has 0 aliphatic carbocycles. The SMILES string of the molecule is CC(C)(C)C#CC(C#CC(C)(C)C)=c1c2ccccc2c(=C(C#CC(C)(C)C)C#CC(C)(C)C)c2ccccc12. The van der Waals surface area contributed by atoms with Gasteiger partial charge in [-0.1, -0.05) is 95.9 Å². The molecule has 0 unspecified atom stereocenters. The number of hydrogen-bond acceptors (Lipinski definition) is 0. The molecule has 0 atom stereocenters. The van der Waals surface area contributed by atoms with Gasteiger partial charge in [0.25, 0.3) is 0 Å². The number of benzene rings is 3. The van der Waals surface area contributed by atoms with Gasteiger partial charge in [0.05, 0.1) is 11.1 Å². The first-order valence-electron chi connectivity index (χ1n) is 14.2. The van der Waals surface area contributed by atoms with E-state index in [0.717, 1.165) is 43.1 Å². The zero-order valence-electron chi connectivity index (χ0n) is 26.6. The smallest absolute Gasteiger partial charge is 0.0829 e. The highest BCUT2D eigenvalue weighted by molar-refractivity contribution is 6.06. The molecule has 0 saturated carbocycles. The van der Waals surface area contributed by atoms with Crippen LogP contribution >= 0.6 is 0 Å². The van der Waals surface area contributed by atoms with Crippen LogP contribution in [0, 0.1) is 69.0 Å². The molecule has 3 aromatic carbocycles. The Morgan fingerprint density at radius 1 is 0.375 bits per heavy atom. The molecular weight excluding hydrogens is 480 g/mol. The van der Waals surface area contributed by atoms with Gasteiger partial charge in [-0.05, 0) is 105 Å². The Morgan fingerprint density at radius 2 is 0.575 bits per heavy atom. The quantitative estimate of drug-likeness (QED) is 0.204. The van der Waals surface area contributed by atoms with E-state index in [1.807, 2.05) is 0 Å². The molecule has 0 nitrogen and oxygen atoms in total. The van der Waals surface area contributed by atoms with Gasteiger partial charge in [0.2, 0.25) is 0 Å². The topological polar surface area (TPSA) is 0 Å². The minimum absolute atomic E-state index is 0.147. The van der Waals surface area contributed by atoms with E-state index in [0.29, 0.717) is 0 Å². The standard InChI is InChI=1S/C40H44/c1-37(2,3)25-21-29(22-26-38(4,5)6)35-31-17-13-15-19-33(31)36(34-20-16-14-18-32(34)35)30(23-27-39(7,8)9)24-28-40(10,11)12/h13-20H,1-12H3. The highest BCUT2D eigenvalue weighted by Crippen LogP contribution is 2.19. The van der Waals surface area contributed by atoms with Crippen molar-refractivity contribution in [2.45, 2.75) is 83.1 Å². The van der Waals surface area contributed by atoms with E-state index >= 15 is 0 Å². The van der Waals surface area contributed by atoms with Gasteiger partial charge in [-0.25, -0.2) is 0 Å². The van der Waals surface area contributed by atoms with Crippen molar-refractivity contribution in [3.05, 3.63) is 59.0 Å². The molecule has 40 heavy (non-hydrogen) atoms. The normalized spacial score (nSPS) is 11.7. The van der Waals surface area contributed by atoms with Gasteiger partial charge >= 0.3 is 0 Å². The van der Waals surface area contributed by atoms with E-state index in [2.05, 4.69) is 179 Å². The average molecular weight is 525 g/mol. The van der Waals surface area contributed by atoms with Crippen molar-refractivity contribution in [1.82, 2.24) is 0 Å². The lowest BCUT2D eigenvalue weighted by Gasteiger charge is -2.12.